The maximum atomic E-state index is 11.9. The molecule has 1 aromatic carbocycles. The lowest BCUT2D eigenvalue weighted by atomic mass is 10.2. The van der Waals surface area contributed by atoms with Gasteiger partial charge >= 0.3 is 12.1 Å². The van der Waals surface area contributed by atoms with E-state index in [1.807, 2.05) is 24.3 Å². The number of rotatable bonds is 3. The molecule has 2 rings (SSSR count). The number of anilines is 1. The van der Waals surface area contributed by atoms with Gasteiger partial charge in [0.05, 0.1) is 13.7 Å². The summed E-state index contributed by atoms with van der Waals surface area (Å²) in [5, 5.41) is 2.21. The Kier molecular flexibility index (Phi) is 5.46. The molecule has 22 heavy (non-hydrogen) atoms. The third-order valence-corrected chi connectivity index (χ3v) is 3.47. The van der Waals surface area contributed by atoms with Crippen LogP contribution in [0.5, 0.6) is 5.75 Å². The first kappa shape index (κ1) is 15.9. The third kappa shape index (κ3) is 4.03. The van der Waals surface area contributed by atoms with E-state index in [1.54, 1.807) is 18.9 Å². The summed E-state index contributed by atoms with van der Waals surface area (Å²) in [6, 6.07) is 7.40. The molecule has 120 valence electrons. The standard InChI is InChI=1S/C15H21N3O4/c1-3-22-15(20)16-14(19)18-9-7-17(8-10-18)12-5-4-6-13(11-12)21-2/h4-6,11H,3,7-10H2,1-2H3,(H,16,19,20). The van der Waals surface area contributed by atoms with E-state index in [9.17, 15) is 9.59 Å². The molecule has 0 spiro atoms. The molecule has 0 atom stereocenters. The van der Waals surface area contributed by atoms with Gasteiger partial charge in [0, 0.05) is 37.9 Å². The van der Waals surface area contributed by atoms with Crippen molar-refractivity contribution in [3.8, 4) is 5.75 Å². The molecule has 0 bridgehead atoms. The molecule has 7 heteroatoms. The Morgan fingerprint density at radius 3 is 2.59 bits per heavy atom. The highest BCUT2D eigenvalue weighted by molar-refractivity contribution is 5.90. The molecule has 0 aromatic heterocycles. The van der Waals surface area contributed by atoms with Crippen LogP contribution >= 0.6 is 0 Å². The normalized spacial score (nSPS) is 14.5. The Balaban J connectivity index is 1.87. The van der Waals surface area contributed by atoms with Crippen LogP contribution in [0, 0.1) is 0 Å². The zero-order valence-electron chi connectivity index (χ0n) is 12.9. The summed E-state index contributed by atoms with van der Waals surface area (Å²) in [6.07, 6.45) is -0.706. The number of carbonyl (C=O) groups excluding carboxylic acids is 2. The summed E-state index contributed by atoms with van der Waals surface area (Å²) in [4.78, 5) is 26.9. The SMILES string of the molecule is CCOC(=O)NC(=O)N1CCN(c2cccc(OC)c2)CC1. The van der Waals surface area contributed by atoms with Crippen LogP contribution in [0.2, 0.25) is 0 Å². The second-order valence-corrected chi connectivity index (χ2v) is 4.83. The van der Waals surface area contributed by atoms with E-state index in [-0.39, 0.29) is 6.61 Å². The van der Waals surface area contributed by atoms with Gasteiger partial charge in [0.25, 0.3) is 0 Å². The van der Waals surface area contributed by atoms with Crippen molar-refractivity contribution in [1.29, 1.82) is 0 Å². The molecule has 1 aromatic rings. The van der Waals surface area contributed by atoms with Gasteiger partial charge in [-0.05, 0) is 19.1 Å². The smallest absolute Gasteiger partial charge is 0.415 e. The van der Waals surface area contributed by atoms with Crippen LogP contribution < -0.4 is 15.0 Å². The average Bonchev–Trinajstić information content (AvgIpc) is 2.55. The summed E-state index contributed by atoms with van der Waals surface area (Å²) >= 11 is 0. The minimum atomic E-state index is -0.706. The zero-order chi connectivity index (χ0) is 15.9. The minimum Gasteiger partial charge on any atom is -0.497 e. The van der Waals surface area contributed by atoms with Crippen LogP contribution in [0.4, 0.5) is 15.3 Å². The van der Waals surface area contributed by atoms with E-state index in [0.29, 0.717) is 26.2 Å². The Labute approximate surface area is 129 Å². The number of benzene rings is 1. The van der Waals surface area contributed by atoms with Gasteiger partial charge in [-0.25, -0.2) is 14.9 Å². The van der Waals surface area contributed by atoms with E-state index in [4.69, 9.17) is 9.47 Å². The van der Waals surface area contributed by atoms with Gasteiger partial charge in [-0.3, -0.25) is 0 Å². The molecule has 7 nitrogen and oxygen atoms in total. The summed E-state index contributed by atoms with van der Waals surface area (Å²) in [5.74, 6) is 0.806. The zero-order valence-corrected chi connectivity index (χ0v) is 12.9. The van der Waals surface area contributed by atoms with Crippen molar-refractivity contribution in [1.82, 2.24) is 10.2 Å². The first-order chi connectivity index (χ1) is 10.6. The van der Waals surface area contributed by atoms with Gasteiger partial charge in [-0.1, -0.05) is 6.07 Å². The van der Waals surface area contributed by atoms with E-state index < -0.39 is 12.1 Å². The number of methoxy groups -OCH3 is 1. The maximum Gasteiger partial charge on any atom is 0.415 e. The second kappa shape index (κ2) is 7.53. The highest BCUT2D eigenvalue weighted by Gasteiger charge is 2.23. The van der Waals surface area contributed by atoms with Gasteiger partial charge in [-0.2, -0.15) is 0 Å². The van der Waals surface area contributed by atoms with Gasteiger partial charge in [0.15, 0.2) is 0 Å². The Morgan fingerprint density at radius 2 is 1.95 bits per heavy atom. The number of nitrogens with one attached hydrogen (secondary N) is 1. The number of urea groups is 1. The molecule has 1 heterocycles. The van der Waals surface area contributed by atoms with Crippen molar-refractivity contribution in [3.05, 3.63) is 24.3 Å². The number of piperazine rings is 1. The Bertz CT molecular complexity index is 527. The first-order valence-corrected chi connectivity index (χ1v) is 7.25. The largest absolute Gasteiger partial charge is 0.497 e. The number of amides is 3. The van der Waals surface area contributed by atoms with Crippen LogP contribution in [-0.4, -0.2) is 56.9 Å². The maximum absolute atomic E-state index is 11.9. The monoisotopic (exact) mass is 307 g/mol. The quantitative estimate of drug-likeness (QED) is 0.920. The number of hydrogen-bond acceptors (Lipinski definition) is 5. The van der Waals surface area contributed by atoms with Gasteiger partial charge in [0.2, 0.25) is 0 Å². The molecule has 1 fully saturated rings. The van der Waals surface area contributed by atoms with Crippen LogP contribution in [0.15, 0.2) is 24.3 Å². The molecule has 3 amide bonds. The summed E-state index contributed by atoms with van der Waals surface area (Å²) in [6.45, 7) is 4.41. The average molecular weight is 307 g/mol. The molecule has 0 saturated carbocycles. The molecular weight excluding hydrogens is 286 g/mol. The Morgan fingerprint density at radius 1 is 1.23 bits per heavy atom. The van der Waals surface area contributed by atoms with Gasteiger partial charge in [-0.15, -0.1) is 0 Å². The van der Waals surface area contributed by atoms with E-state index >= 15 is 0 Å². The van der Waals surface area contributed by atoms with Crippen molar-refractivity contribution >= 4 is 17.8 Å². The lowest BCUT2D eigenvalue weighted by molar-refractivity contribution is 0.146. The molecule has 0 unspecified atom stereocenters. The molecule has 0 radical (unpaired) electrons. The van der Waals surface area contributed by atoms with Gasteiger partial charge in [0.1, 0.15) is 5.75 Å². The predicted octanol–water partition coefficient (Wildman–Crippen LogP) is 1.68. The van der Waals surface area contributed by atoms with Crippen molar-refractivity contribution in [2.75, 3.05) is 44.8 Å². The van der Waals surface area contributed by atoms with Crippen LogP contribution in [-0.2, 0) is 4.74 Å². The van der Waals surface area contributed by atoms with Crippen molar-refractivity contribution in [2.45, 2.75) is 6.92 Å². The fourth-order valence-corrected chi connectivity index (χ4v) is 2.31. The molecule has 1 saturated heterocycles. The number of carbonyl (C=O) groups is 2. The summed E-state index contributed by atoms with van der Waals surface area (Å²) in [5.41, 5.74) is 1.06. The molecule has 1 N–H and O–H groups in total. The lowest BCUT2D eigenvalue weighted by Crippen LogP contribution is -2.52. The molecular formula is C15H21N3O4. The molecule has 0 aliphatic carbocycles. The highest BCUT2D eigenvalue weighted by atomic mass is 16.5. The van der Waals surface area contributed by atoms with Crippen molar-refractivity contribution in [2.24, 2.45) is 0 Å². The second-order valence-electron chi connectivity index (χ2n) is 4.83. The van der Waals surface area contributed by atoms with E-state index in [0.717, 1.165) is 11.4 Å². The lowest BCUT2D eigenvalue weighted by Gasteiger charge is -2.35. The highest BCUT2D eigenvalue weighted by Crippen LogP contribution is 2.22. The molecule has 1 aliphatic rings. The van der Waals surface area contributed by atoms with Crippen molar-refractivity contribution in [3.63, 3.8) is 0 Å². The minimum absolute atomic E-state index is 0.239. The number of ether oxygens (including phenoxy) is 2. The summed E-state index contributed by atoms with van der Waals surface area (Å²) < 4.78 is 9.92. The fourth-order valence-electron chi connectivity index (χ4n) is 2.31. The third-order valence-electron chi connectivity index (χ3n) is 3.47. The van der Waals surface area contributed by atoms with E-state index in [1.165, 1.54) is 0 Å². The predicted molar refractivity (Wildman–Crippen MR) is 82.3 cm³/mol. The Hall–Kier alpha value is -2.44. The van der Waals surface area contributed by atoms with Crippen molar-refractivity contribution < 1.29 is 19.1 Å². The number of hydrogen-bond donors (Lipinski definition) is 1. The number of imide groups is 1. The number of nitrogens with zero attached hydrogens (tertiary/aromatic N) is 2. The molecule has 1 aliphatic heterocycles. The van der Waals surface area contributed by atoms with Crippen LogP contribution in [0.1, 0.15) is 6.92 Å². The van der Waals surface area contributed by atoms with E-state index in [2.05, 4.69) is 10.2 Å². The topological polar surface area (TPSA) is 71.1 Å². The number of alkyl carbamates (subject to hydrolysis) is 1. The first-order valence-electron chi connectivity index (χ1n) is 7.25. The van der Waals surface area contributed by atoms with Gasteiger partial charge < -0.3 is 19.3 Å². The van der Waals surface area contributed by atoms with Crippen LogP contribution in [0.25, 0.3) is 0 Å². The van der Waals surface area contributed by atoms with Crippen LogP contribution in [0.3, 0.4) is 0 Å². The fraction of sp³-hybridized carbons (Fsp3) is 0.467. The summed E-state index contributed by atoms with van der Waals surface area (Å²) in [7, 11) is 1.64.